The molecule has 0 unspecified atom stereocenters. The molecular formula is C47H52N2O3Si5. The van der Waals surface area contributed by atoms with Crippen molar-refractivity contribution in [3.63, 3.8) is 0 Å². The van der Waals surface area contributed by atoms with Crippen molar-refractivity contribution < 1.29 is 12.7 Å². The molecule has 2 aromatic heterocycles. The molecule has 10 heteroatoms. The van der Waals surface area contributed by atoms with E-state index in [1.54, 1.807) is 0 Å². The molecule has 23 rings (SSSR count). The van der Waals surface area contributed by atoms with E-state index in [0.717, 1.165) is 11.4 Å². The van der Waals surface area contributed by atoms with Crippen molar-refractivity contribution in [2.24, 2.45) is 0 Å². The predicted octanol–water partition coefficient (Wildman–Crippen LogP) is 9.22. The smallest absolute Gasteiger partial charge is 0.218 e. The van der Waals surface area contributed by atoms with Crippen LogP contribution >= 0.6 is 0 Å². The molecule has 57 heavy (non-hydrogen) atoms. The number of hydrogen-bond acceptors (Lipinski definition) is 3. The lowest BCUT2D eigenvalue weighted by Gasteiger charge is -2.35. The molecule has 15 aliphatic rings. The van der Waals surface area contributed by atoms with Crippen LogP contribution in [0.1, 0.15) is 5.56 Å². The highest BCUT2D eigenvalue weighted by Crippen LogP contribution is 2.35. The van der Waals surface area contributed by atoms with E-state index in [-0.39, 0.29) is 0 Å². The van der Waals surface area contributed by atoms with Crippen molar-refractivity contribution in [1.29, 1.82) is 0 Å². The molecule has 0 fully saturated rings. The number of rotatable bonds is 0. The fourth-order valence-corrected chi connectivity index (χ4v) is 27.4. The molecule has 18 bridgehead atoms. The fraction of sp³-hybridized carbons (Fsp3) is 0.234. The lowest BCUT2D eigenvalue weighted by Crippen LogP contribution is -2.57. The van der Waals surface area contributed by atoms with Crippen LogP contribution < -0.4 is 25.9 Å². The molecule has 15 aliphatic heterocycles. The van der Waals surface area contributed by atoms with Gasteiger partial charge in [0, 0.05) is 32.9 Å². The average Bonchev–Trinajstić information content (AvgIpc) is 3.67. The van der Waals surface area contributed by atoms with E-state index in [2.05, 4.69) is 196 Å². The summed E-state index contributed by atoms with van der Waals surface area (Å²) in [6.07, 6.45) is 0. The highest BCUT2D eigenvalue weighted by molar-refractivity contribution is 6.98. The largest absolute Gasteiger partial charge is 0.449 e. The standard InChI is InChI=1S/C47H52N2O3Si5/c1-53(2)35-17-15-34(16-18-35)49-46-25-21-38-29-42(46)43-30-39(22-26-47(43)49)57(9,10)52-55(5,6)37-20-24-45-41(28-37)40-27-36(54(3,4)51-56(38,7)8)19-23-44(40)48(45)33-13-11-32(12-14-33)31-50-53/h11-30H,31H2,1-10H3. The molecule has 0 amide bonds. The minimum Gasteiger partial charge on any atom is -0.449 e. The minimum atomic E-state index is -2.41. The van der Waals surface area contributed by atoms with Crippen LogP contribution in [0.2, 0.25) is 65.5 Å². The van der Waals surface area contributed by atoms with Crippen LogP contribution in [0.4, 0.5) is 0 Å². The molecule has 0 radical (unpaired) electrons. The number of aromatic nitrogens is 2. The highest BCUT2D eigenvalue weighted by atomic mass is 28.4. The maximum absolute atomic E-state index is 7.56. The average molecular weight is 833 g/mol. The molecule has 0 aliphatic carbocycles. The zero-order chi connectivity index (χ0) is 39.9. The predicted molar refractivity (Wildman–Crippen MR) is 254 cm³/mol. The quantitative estimate of drug-likeness (QED) is 0.143. The van der Waals surface area contributed by atoms with Gasteiger partial charge in [0.25, 0.3) is 0 Å². The summed E-state index contributed by atoms with van der Waals surface area (Å²) in [4.78, 5) is 0. The third-order valence-corrected chi connectivity index (χ3v) is 30.5. The van der Waals surface area contributed by atoms with Crippen LogP contribution in [-0.4, -0.2) is 50.7 Å². The van der Waals surface area contributed by atoms with Gasteiger partial charge in [0.15, 0.2) is 0 Å². The molecule has 0 N–H and O–H groups in total. The fourth-order valence-electron chi connectivity index (χ4n) is 9.71. The summed E-state index contributed by atoms with van der Waals surface area (Å²) in [5.74, 6) is 0. The van der Waals surface area contributed by atoms with Gasteiger partial charge < -0.3 is 21.8 Å². The van der Waals surface area contributed by atoms with Gasteiger partial charge in [-0.2, -0.15) is 0 Å². The first-order chi connectivity index (χ1) is 26.9. The normalized spacial score (nSPS) is 19.1. The Labute approximate surface area is 341 Å². The number of benzene rings is 6. The Morgan fingerprint density at radius 3 is 0.982 bits per heavy atom. The van der Waals surface area contributed by atoms with E-state index in [1.807, 2.05) is 0 Å². The molecule has 8 aromatic rings. The number of nitrogens with zero attached hydrogens (tertiary/aromatic N) is 2. The van der Waals surface area contributed by atoms with E-state index < -0.39 is 41.6 Å². The molecule has 5 nitrogen and oxygen atoms in total. The van der Waals surface area contributed by atoms with Crippen LogP contribution in [0.15, 0.2) is 121 Å². The summed E-state index contributed by atoms with van der Waals surface area (Å²) in [7, 11) is -11.8. The van der Waals surface area contributed by atoms with Crippen molar-refractivity contribution in [3.8, 4) is 11.4 Å². The van der Waals surface area contributed by atoms with Gasteiger partial charge in [0.1, 0.15) is 0 Å². The topological polar surface area (TPSA) is 37.5 Å². The van der Waals surface area contributed by atoms with Crippen molar-refractivity contribution in [3.05, 3.63) is 127 Å². The SMILES string of the molecule is C[Si]1(C)OCc2ccc(cc2)-n2c3ccc4cc3c3cc(ccc32)[Si](C)(C)O[Si](C)(C)c2ccc3c(c2)c2cc(ccc2n3-c2ccc1cc2)[Si](C)(C)O[Si]4(C)C. The van der Waals surface area contributed by atoms with Crippen LogP contribution in [0.25, 0.3) is 55.0 Å². The van der Waals surface area contributed by atoms with Gasteiger partial charge in [-0.3, -0.25) is 0 Å². The van der Waals surface area contributed by atoms with Crippen molar-refractivity contribution >= 4 is 111 Å². The summed E-state index contributed by atoms with van der Waals surface area (Å²) in [6, 6.07) is 46.8. The monoisotopic (exact) mass is 832 g/mol. The second kappa shape index (κ2) is 12.4. The Kier molecular flexibility index (Phi) is 8.12. The Bertz CT molecular complexity index is 2800. The van der Waals surface area contributed by atoms with Crippen molar-refractivity contribution in [1.82, 2.24) is 9.13 Å². The molecule has 0 spiro atoms. The zero-order valence-corrected chi connectivity index (χ0v) is 39.9. The van der Waals surface area contributed by atoms with E-state index in [4.69, 9.17) is 12.7 Å². The molecular weight excluding hydrogens is 781 g/mol. The Morgan fingerprint density at radius 1 is 0.351 bits per heavy atom. The van der Waals surface area contributed by atoms with Crippen molar-refractivity contribution in [2.45, 2.75) is 72.1 Å². The molecule has 17 heterocycles. The van der Waals surface area contributed by atoms with Gasteiger partial charge in [-0.25, -0.2) is 0 Å². The summed E-state index contributed by atoms with van der Waals surface area (Å²) >= 11 is 0. The highest BCUT2D eigenvalue weighted by Gasteiger charge is 2.39. The summed E-state index contributed by atoms with van der Waals surface area (Å²) in [5.41, 5.74) is 8.34. The molecule has 0 atom stereocenters. The lowest BCUT2D eigenvalue weighted by molar-refractivity contribution is 0.304. The Balaban J connectivity index is 1.32. The maximum Gasteiger partial charge on any atom is 0.218 e. The van der Waals surface area contributed by atoms with E-state index in [0.29, 0.717) is 6.61 Å². The molecule has 288 valence electrons. The summed E-state index contributed by atoms with van der Waals surface area (Å²) < 4.78 is 26.9. The van der Waals surface area contributed by atoms with E-state index >= 15 is 0 Å². The number of hydrogen-bond donors (Lipinski definition) is 0. The Hall–Kier alpha value is -4.12. The lowest BCUT2D eigenvalue weighted by atomic mass is 10.1. The second-order valence-electron chi connectivity index (χ2n) is 18.9. The van der Waals surface area contributed by atoms with Gasteiger partial charge in [0.05, 0.1) is 28.7 Å². The first-order valence-corrected chi connectivity index (χ1v) is 34.9. The van der Waals surface area contributed by atoms with Crippen LogP contribution in [0.3, 0.4) is 0 Å². The molecule has 0 saturated carbocycles. The third kappa shape index (κ3) is 5.90. The Morgan fingerprint density at radius 2 is 0.649 bits per heavy atom. The third-order valence-electron chi connectivity index (χ3n) is 12.9. The van der Waals surface area contributed by atoms with Gasteiger partial charge >= 0.3 is 0 Å². The van der Waals surface area contributed by atoms with Crippen LogP contribution in [-0.2, 0) is 19.3 Å². The molecule has 0 saturated heterocycles. The van der Waals surface area contributed by atoms with E-state index in [1.165, 1.54) is 75.1 Å². The zero-order valence-electron chi connectivity index (χ0n) is 34.9. The van der Waals surface area contributed by atoms with Gasteiger partial charge in [0.2, 0.25) is 41.6 Å². The van der Waals surface area contributed by atoms with Gasteiger partial charge in [-0.15, -0.1) is 0 Å². The van der Waals surface area contributed by atoms with Crippen LogP contribution in [0.5, 0.6) is 0 Å². The summed E-state index contributed by atoms with van der Waals surface area (Å²) in [5, 5.41) is 11.7. The molecule has 6 aromatic carbocycles. The first kappa shape index (κ1) is 37.2. The maximum atomic E-state index is 7.56. The van der Waals surface area contributed by atoms with Crippen molar-refractivity contribution in [2.75, 3.05) is 0 Å². The first-order valence-electron chi connectivity index (χ1n) is 20.3. The van der Waals surface area contributed by atoms with Gasteiger partial charge in [-0.05, 0) is 145 Å². The minimum absolute atomic E-state index is 0.581. The van der Waals surface area contributed by atoms with E-state index in [9.17, 15) is 0 Å². The summed E-state index contributed by atoms with van der Waals surface area (Å²) in [6.45, 7) is 24.3. The van der Waals surface area contributed by atoms with Gasteiger partial charge in [-0.1, -0.05) is 72.8 Å². The van der Waals surface area contributed by atoms with Crippen LogP contribution in [0, 0.1) is 0 Å². The second-order valence-corrected chi connectivity index (χ2v) is 38.8.